The van der Waals surface area contributed by atoms with E-state index in [2.05, 4.69) is 24.3 Å². The highest BCUT2D eigenvalue weighted by molar-refractivity contribution is 5.74. The number of urea groups is 1. The van der Waals surface area contributed by atoms with Crippen molar-refractivity contribution in [1.82, 2.24) is 15.4 Å². The van der Waals surface area contributed by atoms with Crippen LogP contribution in [0.1, 0.15) is 31.7 Å². The Morgan fingerprint density at radius 3 is 2.72 bits per heavy atom. The van der Waals surface area contributed by atoms with Crippen LogP contribution in [0.5, 0.6) is 0 Å². The molecule has 2 heterocycles. The summed E-state index contributed by atoms with van der Waals surface area (Å²) in [6.45, 7) is 8.32. The Kier molecular flexibility index (Phi) is 3.89. The molecule has 2 atom stereocenters. The summed E-state index contributed by atoms with van der Waals surface area (Å²) in [4.78, 5) is 13.9. The fraction of sp³-hybridized carbons (Fsp3) is 0.692. The first-order chi connectivity index (χ1) is 8.54. The van der Waals surface area contributed by atoms with Gasteiger partial charge in [0.25, 0.3) is 0 Å². The monoisotopic (exact) mass is 251 g/mol. The molecule has 5 nitrogen and oxygen atoms in total. The summed E-state index contributed by atoms with van der Waals surface area (Å²) in [6, 6.07) is 1.82. The largest absolute Gasteiger partial charge is 0.359 e. The topological polar surface area (TPSA) is 58.4 Å². The Bertz CT molecular complexity index is 406. The molecular formula is C13H21N3O2. The number of aryl methyl sites for hydroxylation is 1. The molecule has 1 fully saturated rings. The van der Waals surface area contributed by atoms with Crippen LogP contribution in [0.25, 0.3) is 0 Å². The quantitative estimate of drug-likeness (QED) is 0.876. The SMILES string of the molecule is Cc1cc(CNC(=O)N2CC(C)CC(C)C2)on1. The molecule has 0 radical (unpaired) electrons. The molecular weight excluding hydrogens is 230 g/mol. The Labute approximate surface area is 108 Å². The van der Waals surface area contributed by atoms with Gasteiger partial charge in [0.1, 0.15) is 0 Å². The number of rotatable bonds is 2. The number of carbonyl (C=O) groups excluding carboxylic acids is 1. The predicted molar refractivity (Wildman–Crippen MR) is 68.0 cm³/mol. The van der Waals surface area contributed by atoms with Crippen molar-refractivity contribution in [2.45, 2.75) is 33.7 Å². The van der Waals surface area contributed by atoms with Gasteiger partial charge in [0.05, 0.1) is 12.2 Å². The van der Waals surface area contributed by atoms with E-state index >= 15 is 0 Å². The molecule has 5 heteroatoms. The van der Waals surface area contributed by atoms with E-state index in [1.165, 1.54) is 6.42 Å². The minimum Gasteiger partial charge on any atom is -0.359 e. The van der Waals surface area contributed by atoms with Gasteiger partial charge in [-0.1, -0.05) is 19.0 Å². The molecule has 2 rings (SSSR count). The number of nitrogens with zero attached hydrogens (tertiary/aromatic N) is 2. The smallest absolute Gasteiger partial charge is 0.317 e. The van der Waals surface area contributed by atoms with Gasteiger partial charge in [-0.2, -0.15) is 0 Å². The van der Waals surface area contributed by atoms with Crippen molar-refractivity contribution < 1.29 is 9.32 Å². The summed E-state index contributed by atoms with van der Waals surface area (Å²) >= 11 is 0. The molecule has 1 aromatic rings. The maximum absolute atomic E-state index is 12.0. The highest BCUT2D eigenvalue weighted by Gasteiger charge is 2.25. The minimum absolute atomic E-state index is 0.0116. The van der Waals surface area contributed by atoms with Crippen LogP contribution in [0.2, 0.25) is 0 Å². The lowest BCUT2D eigenvalue weighted by Gasteiger charge is -2.34. The normalized spacial score (nSPS) is 24.1. The molecule has 0 aromatic carbocycles. The summed E-state index contributed by atoms with van der Waals surface area (Å²) in [5.41, 5.74) is 0.833. The first kappa shape index (κ1) is 12.9. The van der Waals surface area contributed by atoms with Crippen LogP contribution in [-0.4, -0.2) is 29.2 Å². The average Bonchev–Trinajstić information content (AvgIpc) is 2.70. The number of nitrogens with one attached hydrogen (secondary N) is 1. The van der Waals surface area contributed by atoms with E-state index in [4.69, 9.17) is 4.52 Å². The van der Waals surface area contributed by atoms with Gasteiger partial charge in [0.2, 0.25) is 0 Å². The number of likely N-dealkylation sites (tertiary alicyclic amines) is 1. The van der Waals surface area contributed by atoms with E-state index in [1.54, 1.807) is 0 Å². The lowest BCUT2D eigenvalue weighted by molar-refractivity contribution is 0.145. The number of hydrogen-bond acceptors (Lipinski definition) is 3. The first-order valence-electron chi connectivity index (χ1n) is 6.49. The second-order valence-electron chi connectivity index (χ2n) is 5.44. The zero-order valence-corrected chi connectivity index (χ0v) is 11.3. The number of hydrogen-bond donors (Lipinski definition) is 1. The molecule has 18 heavy (non-hydrogen) atoms. The maximum Gasteiger partial charge on any atom is 0.317 e. The van der Waals surface area contributed by atoms with Crippen molar-refractivity contribution in [3.05, 3.63) is 17.5 Å². The molecule has 2 unspecified atom stereocenters. The second kappa shape index (κ2) is 5.42. The maximum atomic E-state index is 12.0. The fourth-order valence-electron chi connectivity index (χ4n) is 2.60. The van der Waals surface area contributed by atoms with Crippen LogP contribution >= 0.6 is 0 Å². The highest BCUT2D eigenvalue weighted by Crippen LogP contribution is 2.20. The molecule has 1 N–H and O–H groups in total. The van der Waals surface area contributed by atoms with Crippen LogP contribution in [0, 0.1) is 18.8 Å². The van der Waals surface area contributed by atoms with E-state index in [1.807, 2.05) is 17.9 Å². The van der Waals surface area contributed by atoms with Crippen LogP contribution in [0.3, 0.4) is 0 Å². The summed E-state index contributed by atoms with van der Waals surface area (Å²) in [5, 5.41) is 6.67. The van der Waals surface area contributed by atoms with Crippen LogP contribution in [0.4, 0.5) is 4.79 Å². The number of amides is 2. The lowest BCUT2D eigenvalue weighted by atomic mass is 9.92. The van der Waals surface area contributed by atoms with Crippen LogP contribution in [-0.2, 0) is 6.54 Å². The van der Waals surface area contributed by atoms with Crippen LogP contribution in [0.15, 0.2) is 10.6 Å². The third-order valence-corrected chi connectivity index (χ3v) is 3.25. The lowest BCUT2D eigenvalue weighted by Crippen LogP contribution is -2.47. The van der Waals surface area contributed by atoms with Crippen molar-refractivity contribution in [2.24, 2.45) is 11.8 Å². The van der Waals surface area contributed by atoms with Gasteiger partial charge in [0, 0.05) is 19.2 Å². The molecule has 1 aromatic heterocycles. The van der Waals surface area contributed by atoms with Gasteiger partial charge in [-0.3, -0.25) is 0 Å². The molecule has 1 aliphatic heterocycles. The summed E-state index contributed by atoms with van der Waals surface area (Å²) in [7, 11) is 0. The van der Waals surface area contributed by atoms with Crippen molar-refractivity contribution in [1.29, 1.82) is 0 Å². The standard InChI is InChI=1S/C13H21N3O2/c1-9-4-10(2)8-16(7-9)13(17)14-6-12-5-11(3)15-18-12/h5,9-10H,4,6-8H2,1-3H3,(H,14,17). The molecule has 0 spiro atoms. The van der Waals surface area contributed by atoms with E-state index < -0.39 is 0 Å². The highest BCUT2D eigenvalue weighted by atomic mass is 16.5. The Morgan fingerprint density at radius 2 is 2.17 bits per heavy atom. The van der Waals surface area contributed by atoms with E-state index in [0.29, 0.717) is 24.1 Å². The second-order valence-corrected chi connectivity index (χ2v) is 5.44. The number of piperidine rings is 1. The summed E-state index contributed by atoms with van der Waals surface area (Å²) < 4.78 is 5.06. The average molecular weight is 251 g/mol. The van der Waals surface area contributed by atoms with Gasteiger partial charge in [-0.05, 0) is 25.2 Å². The van der Waals surface area contributed by atoms with Gasteiger partial charge < -0.3 is 14.7 Å². The third-order valence-electron chi connectivity index (χ3n) is 3.25. The van der Waals surface area contributed by atoms with Crippen LogP contribution < -0.4 is 5.32 Å². The minimum atomic E-state index is -0.0116. The van der Waals surface area contributed by atoms with Gasteiger partial charge in [-0.25, -0.2) is 4.79 Å². The Morgan fingerprint density at radius 1 is 1.50 bits per heavy atom. The molecule has 2 amide bonds. The summed E-state index contributed by atoms with van der Waals surface area (Å²) in [5.74, 6) is 1.85. The Balaban J connectivity index is 1.84. The zero-order chi connectivity index (χ0) is 13.1. The molecule has 0 bridgehead atoms. The van der Waals surface area contributed by atoms with Gasteiger partial charge >= 0.3 is 6.03 Å². The molecule has 1 aliphatic rings. The van der Waals surface area contributed by atoms with Crippen molar-refractivity contribution in [2.75, 3.05) is 13.1 Å². The predicted octanol–water partition coefficient (Wildman–Crippen LogP) is 2.17. The van der Waals surface area contributed by atoms with E-state index in [-0.39, 0.29) is 6.03 Å². The first-order valence-corrected chi connectivity index (χ1v) is 6.49. The molecule has 1 saturated heterocycles. The van der Waals surface area contributed by atoms with Crippen molar-refractivity contribution in [3.8, 4) is 0 Å². The van der Waals surface area contributed by atoms with Crippen molar-refractivity contribution >= 4 is 6.03 Å². The molecule has 0 aliphatic carbocycles. The molecule has 0 saturated carbocycles. The Hall–Kier alpha value is -1.52. The number of carbonyl (C=O) groups is 1. The van der Waals surface area contributed by atoms with Gasteiger partial charge in [0.15, 0.2) is 5.76 Å². The zero-order valence-electron chi connectivity index (χ0n) is 11.3. The van der Waals surface area contributed by atoms with Gasteiger partial charge in [-0.15, -0.1) is 0 Å². The third kappa shape index (κ3) is 3.24. The van der Waals surface area contributed by atoms with Crippen molar-refractivity contribution in [3.63, 3.8) is 0 Å². The fourth-order valence-corrected chi connectivity index (χ4v) is 2.60. The number of aromatic nitrogens is 1. The van der Waals surface area contributed by atoms with E-state index in [0.717, 1.165) is 18.8 Å². The van der Waals surface area contributed by atoms with E-state index in [9.17, 15) is 4.79 Å². The summed E-state index contributed by atoms with van der Waals surface area (Å²) in [6.07, 6.45) is 1.20. The molecule has 100 valence electrons.